The molecular weight excluding hydrogens is 262 g/mol. The largest absolute Gasteiger partial charge is 0.364 e. The fourth-order valence-corrected chi connectivity index (χ4v) is 2.83. The Hall–Kier alpha value is -0.610. The van der Waals surface area contributed by atoms with Crippen LogP contribution in [0.4, 0.5) is 0 Å². The van der Waals surface area contributed by atoms with E-state index in [0.717, 1.165) is 25.9 Å². The molecule has 0 radical (unpaired) electrons. The summed E-state index contributed by atoms with van der Waals surface area (Å²) in [5.74, 6) is 0.461. The van der Waals surface area contributed by atoms with Gasteiger partial charge in [0.2, 0.25) is 0 Å². The highest BCUT2D eigenvalue weighted by Gasteiger charge is 2.33. The van der Waals surface area contributed by atoms with E-state index in [-0.39, 0.29) is 5.60 Å². The maximum absolute atomic E-state index is 10.2. The molecule has 0 aliphatic carbocycles. The number of aliphatic hydroxyl groups excluding tert-OH is 1. The zero-order valence-electron chi connectivity index (χ0n) is 11.5. The van der Waals surface area contributed by atoms with Gasteiger partial charge in [0, 0.05) is 10.6 Å². The number of hydrogen-bond acceptors (Lipinski definition) is 3. The van der Waals surface area contributed by atoms with E-state index in [0.29, 0.717) is 16.5 Å². The summed E-state index contributed by atoms with van der Waals surface area (Å²) in [6, 6.07) is 7.18. The van der Waals surface area contributed by atoms with Crippen LogP contribution in [0.1, 0.15) is 38.5 Å². The lowest BCUT2D eigenvalue weighted by Gasteiger charge is -2.38. The first-order valence-corrected chi connectivity index (χ1v) is 7.19. The van der Waals surface area contributed by atoms with E-state index in [9.17, 15) is 5.11 Å². The Bertz CT molecular complexity index is 416. The van der Waals surface area contributed by atoms with Gasteiger partial charge in [0.15, 0.2) is 6.29 Å². The number of ether oxygens (including phenoxy) is 1. The monoisotopic (exact) mass is 283 g/mol. The summed E-state index contributed by atoms with van der Waals surface area (Å²) in [7, 11) is 0. The first-order chi connectivity index (χ1) is 8.99. The number of benzene rings is 1. The van der Waals surface area contributed by atoms with Gasteiger partial charge in [-0.3, -0.25) is 0 Å². The van der Waals surface area contributed by atoms with E-state index in [1.54, 1.807) is 12.1 Å². The molecule has 1 heterocycles. The molecule has 2 rings (SSSR count). The van der Waals surface area contributed by atoms with Crippen molar-refractivity contribution in [2.24, 2.45) is 5.92 Å². The normalized spacial score (nSPS) is 19.4. The third-order valence-electron chi connectivity index (χ3n) is 3.87. The topological polar surface area (TPSA) is 41.5 Å². The van der Waals surface area contributed by atoms with Crippen LogP contribution in [0.3, 0.4) is 0 Å². The summed E-state index contributed by atoms with van der Waals surface area (Å²) >= 11 is 5.93. The molecule has 3 nitrogen and oxygen atoms in total. The van der Waals surface area contributed by atoms with Crippen LogP contribution in [0, 0.1) is 5.92 Å². The van der Waals surface area contributed by atoms with Crippen LogP contribution in [0.5, 0.6) is 0 Å². The molecule has 1 aliphatic heterocycles. The molecule has 0 amide bonds. The SMILES string of the molecule is CC(C)(OC(O)c1cccc(Cl)c1)C1CCNCC1. The minimum atomic E-state index is -0.927. The molecular formula is C15H22ClNO2. The third-order valence-corrected chi connectivity index (χ3v) is 4.11. The average molecular weight is 284 g/mol. The van der Waals surface area contributed by atoms with Crippen LogP contribution in [0.2, 0.25) is 5.02 Å². The Morgan fingerprint density at radius 1 is 1.37 bits per heavy atom. The molecule has 19 heavy (non-hydrogen) atoms. The molecule has 1 atom stereocenters. The second-order valence-corrected chi connectivity index (χ2v) is 6.09. The number of nitrogens with one attached hydrogen (secondary N) is 1. The maximum Gasteiger partial charge on any atom is 0.181 e. The molecule has 4 heteroatoms. The van der Waals surface area contributed by atoms with Crippen molar-refractivity contribution in [2.75, 3.05) is 13.1 Å². The van der Waals surface area contributed by atoms with Gasteiger partial charge in [0.25, 0.3) is 0 Å². The van der Waals surface area contributed by atoms with Gasteiger partial charge in [-0.2, -0.15) is 0 Å². The molecule has 0 aromatic heterocycles. The fraction of sp³-hybridized carbons (Fsp3) is 0.600. The zero-order valence-corrected chi connectivity index (χ0v) is 12.3. The average Bonchev–Trinajstić information content (AvgIpc) is 2.39. The van der Waals surface area contributed by atoms with Crippen molar-refractivity contribution in [2.45, 2.75) is 38.6 Å². The summed E-state index contributed by atoms with van der Waals surface area (Å²) in [5, 5.41) is 14.2. The maximum atomic E-state index is 10.2. The van der Waals surface area contributed by atoms with Crippen molar-refractivity contribution in [3.05, 3.63) is 34.9 Å². The van der Waals surface area contributed by atoms with Crippen molar-refractivity contribution in [3.8, 4) is 0 Å². The lowest BCUT2D eigenvalue weighted by atomic mass is 9.83. The van der Waals surface area contributed by atoms with E-state index < -0.39 is 6.29 Å². The van der Waals surface area contributed by atoms with Crippen molar-refractivity contribution >= 4 is 11.6 Å². The Kier molecular flexibility index (Phi) is 4.85. The van der Waals surface area contributed by atoms with Gasteiger partial charge >= 0.3 is 0 Å². The predicted molar refractivity (Wildman–Crippen MR) is 77.2 cm³/mol. The molecule has 106 valence electrons. The molecule has 2 N–H and O–H groups in total. The molecule has 1 aromatic carbocycles. The smallest absolute Gasteiger partial charge is 0.181 e. The molecule has 1 aliphatic rings. The van der Waals surface area contributed by atoms with Crippen LogP contribution in [-0.2, 0) is 4.74 Å². The van der Waals surface area contributed by atoms with Gasteiger partial charge in [-0.25, -0.2) is 0 Å². The van der Waals surface area contributed by atoms with E-state index in [1.165, 1.54) is 0 Å². The van der Waals surface area contributed by atoms with Crippen LogP contribution in [0.15, 0.2) is 24.3 Å². The summed E-state index contributed by atoms with van der Waals surface area (Å²) in [6.45, 7) is 6.14. The minimum Gasteiger partial charge on any atom is -0.364 e. The Morgan fingerprint density at radius 3 is 2.68 bits per heavy atom. The Labute approximate surface area is 119 Å². The highest BCUT2D eigenvalue weighted by Crippen LogP contribution is 2.33. The lowest BCUT2D eigenvalue weighted by Crippen LogP contribution is -2.42. The van der Waals surface area contributed by atoms with Crippen LogP contribution in [-0.4, -0.2) is 23.8 Å². The van der Waals surface area contributed by atoms with Crippen LogP contribution < -0.4 is 5.32 Å². The standard InChI is InChI=1S/C15H22ClNO2/c1-15(2,12-6-8-17-9-7-12)19-14(18)11-4-3-5-13(16)10-11/h3-5,10,12,14,17-18H,6-9H2,1-2H3. The number of piperidine rings is 1. The predicted octanol–water partition coefficient (Wildman–Crippen LogP) is 3.13. The Balaban J connectivity index is 2.02. The second kappa shape index (κ2) is 6.23. The fourth-order valence-electron chi connectivity index (χ4n) is 2.63. The summed E-state index contributed by atoms with van der Waals surface area (Å²) in [6.07, 6.45) is 1.23. The van der Waals surface area contributed by atoms with Crippen LogP contribution in [0.25, 0.3) is 0 Å². The van der Waals surface area contributed by atoms with Gasteiger partial charge in [-0.15, -0.1) is 0 Å². The lowest BCUT2D eigenvalue weighted by molar-refractivity contribution is -0.198. The van der Waals surface area contributed by atoms with E-state index in [4.69, 9.17) is 16.3 Å². The molecule has 0 spiro atoms. The summed E-state index contributed by atoms with van der Waals surface area (Å²) in [5.41, 5.74) is 0.360. The highest BCUT2D eigenvalue weighted by molar-refractivity contribution is 6.30. The zero-order chi connectivity index (χ0) is 13.9. The van der Waals surface area contributed by atoms with Gasteiger partial charge < -0.3 is 15.2 Å². The molecule has 1 unspecified atom stereocenters. The number of halogens is 1. The van der Waals surface area contributed by atoms with Crippen LogP contribution >= 0.6 is 11.6 Å². The molecule has 0 bridgehead atoms. The molecule has 1 saturated heterocycles. The molecule has 0 saturated carbocycles. The second-order valence-electron chi connectivity index (χ2n) is 5.65. The van der Waals surface area contributed by atoms with E-state index in [1.807, 2.05) is 12.1 Å². The minimum absolute atomic E-state index is 0.343. The number of hydrogen-bond donors (Lipinski definition) is 2. The van der Waals surface area contributed by atoms with Gasteiger partial charge in [0.05, 0.1) is 5.60 Å². The number of rotatable bonds is 4. The summed E-state index contributed by atoms with van der Waals surface area (Å²) < 4.78 is 5.89. The quantitative estimate of drug-likeness (QED) is 0.834. The van der Waals surface area contributed by atoms with E-state index in [2.05, 4.69) is 19.2 Å². The van der Waals surface area contributed by atoms with Gasteiger partial charge in [-0.05, 0) is 57.8 Å². The molecule has 1 aromatic rings. The van der Waals surface area contributed by atoms with Gasteiger partial charge in [0.1, 0.15) is 0 Å². The third kappa shape index (κ3) is 3.93. The first kappa shape index (κ1) is 14.8. The van der Waals surface area contributed by atoms with Crippen molar-refractivity contribution in [1.29, 1.82) is 0 Å². The van der Waals surface area contributed by atoms with E-state index >= 15 is 0 Å². The number of aliphatic hydroxyl groups is 1. The van der Waals surface area contributed by atoms with Crippen molar-refractivity contribution in [1.82, 2.24) is 5.32 Å². The highest BCUT2D eigenvalue weighted by atomic mass is 35.5. The Morgan fingerprint density at radius 2 is 2.05 bits per heavy atom. The first-order valence-electron chi connectivity index (χ1n) is 6.81. The van der Waals surface area contributed by atoms with Crippen molar-refractivity contribution in [3.63, 3.8) is 0 Å². The summed E-state index contributed by atoms with van der Waals surface area (Å²) in [4.78, 5) is 0. The molecule has 1 fully saturated rings. The van der Waals surface area contributed by atoms with Crippen molar-refractivity contribution < 1.29 is 9.84 Å². The van der Waals surface area contributed by atoms with Gasteiger partial charge in [-0.1, -0.05) is 23.7 Å².